The fraction of sp³-hybridized carbons (Fsp3) is 0.350. The standard InChI is InChI=1S/C20H24FN5O3S/c1-3-25(4-2)30(28,29)17-9-10-19-18(13-17)23-24-26(19)12-11-20(27)22-14-15-5-7-16(21)8-6-15/h5-10,13H,3-4,11-12,14H2,1-2H3,(H,22,27). The van der Waals surface area contributed by atoms with Gasteiger partial charge in [0.1, 0.15) is 11.3 Å². The van der Waals surface area contributed by atoms with Gasteiger partial charge in [-0.15, -0.1) is 5.10 Å². The average Bonchev–Trinajstić information content (AvgIpc) is 3.15. The Hall–Kier alpha value is -2.85. The Balaban J connectivity index is 1.64. The molecular weight excluding hydrogens is 409 g/mol. The highest BCUT2D eigenvalue weighted by atomic mass is 32.2. The third-order valence-electron chi connectivity index (χ3n) is 4.78. The molecule has 0 aliphatic rings. The van der Waals surface area contributed by atoms with Crippen LogP contribution in [0.2, 0.25) is 0 Å². The van der Waals surface area contributed by atoms with Crippen LogP contribution in [-0.4, -0.2) is 46.7 Å². The number of carbonyl (C=O) groups excluding carboxylic acids is 1. The van der Waals surface area contributed by atoms with Crippen LogP contribution in [-0.2, 0) is 27.9 Å². The van der Waals surface area contributed by atoms with Crippen LogP contribution in [0.3, 0.4) is 0 Å². The fourth-order valence-corrected chi connectivity index (χ4v) is 4.57. The van der Waals surface area contributed by atoms with Crippen LogP contribution in [0.4, 0.5) is 4.39 Å². The maximum absolute atomic E-state index is 12.9. The number of aryl methyl sites for hydroxylation is 1. The Kier molecular flexibility index (Phi) is 6.78. The molecule has 0 atom stereocenters. The summed E-state index contributed by atoms with van der Waals surface area (Å²) in [6.45, 7) is 4.96. The Morgan fingerprint density at radius 3 is 2.50 bits per heavy atom. The summed E-state index contributed by atoms with van der Waals surface area (Å²) in [4.78, 5) is 12.3. The summed E-state index contributed by atoms with van der Waals surface area (Å²) in [7, 11) is -3.58. The molecule has 8 nitrogen and oxygen atoms in total. The van der Waals surface area contributed by atoms with Gasteiger partial charge < -0.3 is 5.32 Å². The van der Waals surface area contributed by atoms with Crippen LogP contribution in [0.1, 0.15) is 25.8 Å². The lowest BCUT2D eigenvalue weighted by molar-refractivity contribution is -0.121. The van der Waals surface area contributed by atoms with E-state index >= 15 is 0 Å². The van der Waals surface area contributed by atoms with E-state index < -0.39 is 10.0 Å². The van der Waals surface area contributed by atoms with E-state index in [4.69, 9.17) is 0 Å². The van der Waals surface area contributed by atoms with Gasteiger partial charge in [0.05, 0.1) is 17.0 Å². The number of halogens is 1. The molecule has 3 rings (SSSR count). The molecule has 3 aromatic rings. The van der Waals surface area contributed by atoms with Gasteiger partial charge >= 0.3 is 0 Å². The minimum absolute atomic E-state index is 0.169. The summed E-state index contributed by atoms with van der Waals surface area (Å²) in [5.41, 5.74) is 1.91. The fourth-order valence-electron chi connectivity index (χ4n) is 3.09. The molecule has 1 heterocycles. The van der Waals surface area contributed by atoms with Crippen molar-refractivity contribution in [3.8, 4) is 0 Å². The van der Waals surface area contributed by atoms with E-state index in [-0.39, 0.29) is 23.0 Å². The smallest absolute Gasteiger partial charge is 0.243 e. The lowest BCUT2D eigenvalue weighted by Gasteiger charge is -2.18. The minimum atomic E-state index is -3.58. The summed E-state index contributed by atoms with van der Waals surface area (Å²) < 4.78 is 41.2. The van der Waals surface area contributed by atoms with Gasteiger partial charge in [0, 0.05) is 26.1 Å². The number of nitrogens with zero attached hydrogens (tertiary/aromatic N) is 4. The summed E-state index contributed by atoms with van der Waals surface area (Å²) in [6, 6.07) is 10.6. The molecule has 0 fully saturated rings. The first kappa shape index (κ1) is 21.8. The molecule has 0 aliphatic heterocycles. The molecule has 0 radical (unpaired) electrons. The van der Waals surface area contributed by atoms with E-state index in [1.807, 2.05) is 0 Å². The van der Waals surface area contributed by atoms with Gasteiger partial charge in [-0.25, -0.2) is 17.5 Å². The van der Waals surface area contributed by atoms with Crippen molar-refractivity contribution >= 4 is 27.0 Å². The Morgan fingerprint density at radius 1 is 1.13 bits per heavy atom. The number of hydrogen-bond acceptors (Lipinski definition) is 5. The molecule has 0 saturated carbocycles. The van der Waals surface area contributed by atoms with Crippen molar-refractivity contribution in [3.63, 3.8) is 0 Å². The van der Waals surface area contributed by atoms with Crippen LogP contribution < -0.4 is 5.32 Å². The summed E-state index contributed by atoms with van der Waals surface area (Å²) in [6.07, 6.45) is 0.180. The molecule has 10 heteroatoms. The number of hydrogen-bond donors (Lipinski definition) is 1. The number of fused-ring (bicyclic) bond motifs is 1. The van der Waals surface area contributed by atoms with Crippen LogP contribution in [0.15, 0.2) is 47.4 Å². The lowest BCUT2D eigenvalue weighted by atomic mass is 10.2. The van der Waals surface area contributed by atoms with Gasteiger partial charge in [0.2, 0.25) is 15.9 Å². The third-order valence-corrected chi connectivity index (χ3v) is 6.83. The van der Waals surface area contributed by atoms with Crippen molar-refractivity contribution in [2.75, 3.05) is 13.1 Å². The SMILES string of the molecule is CCN(CC)S(=O)(=O)c1ccc2c(c1)nnn2CCC(=O)NCc1ccc(F)cc1. The highest BCUT2D eigenvalue weighted by molar-refractivity contribution is 7.89. The molecule has 0 spiro atoms. The second-order valence-corrected chi connectivity index (χ2v) is 8.64. The predicted molar refractivity (Wildman–Crippen MR) is 110 cm³/mol. The van der Waals surface area contributed by atoms with Gasteiger partial charge in [-0.2, -0.15) is 4.31 Å². The van der Waals surface area contributed by atoms with Gasteiger partial charge in [-0.05, 0) is 35.9 Å². The van der Waals surface area contributed by atoms with Gasteiger partial charge in [-0.1, -0.05) is 31.2 Å². The van der Waals surface area contributed by atoms with Gasteiger partial charge in [0.25, 0.3) is 0 Å². The normalized spacial score (nSPS) is 11.9. The molecule has 30 heavy (non-hydrogen) atoms. The number of carbonyl (C=O) groups is 1. The third kappa shape index (κ3) is 4.82. The van der Waals surface area contributed by atoms with Crippen molar-refractivity contribution in [3.05, 3.63) is 53.8 Å². The largest absolute Gasteiger partial charge is 0.352 e. The maximum atomic E-state index is 12.9. The van der Waals surface area contributed by atoms with E-state index in [0.29, 0.717) is 37.2 Å². The molecule has 0 aliphatic carbocycles. The van der Waals surface area contributed by atoms with E-state index in [1.54, 1.807) is 36.7 Å². The van der Waals surface area contributed by atoms with E-state index in [9.17, 15) is 17.6 Å². The first-order valence-electron chi connectivity index (χ1n) is 9.69. The number of sulfonamides is 1. The van der Waals surface area contributed by atoms with Gasteiger partial charge in [-0.3, -0.25) is 4.79 Å². The molecule has 0 bridgehead atoms. The molecule has 2 aromatic carbocycles. The molecule has 0 unspecified atom stereocenters. The van der Waals surface area contributed by atoms with Crippen molar-refractivity contribution in [1.82, 2.24) is 24.6 Å². The van der Waals surface area contributed by atoms with Crippen LogP contribution in [0, 0.1) is 5.82 Å². The Labute approximate surface area is 174 Å². The molecule has 1 aromatic heterocycles. The zero-order valence-corrected chi connectivity index (χ0v) is 17.7. The van der Waals surface area contributed by atoms with Crippen LogP contribution in [0.5, 0.6) is 0 Å². The zero-order chi connectivity index (χ0) is 21.7. The van der Waals surface area contributed by atoms with Crippen LogP contribution in [0.25, 0.3) is 11.0 Å². The summed E-state index contributed by atoms with van der Waals surface area (Å²) in [5, 5.41) is 10.9. The molecule has 160 valence electrons. The van der Waals surface area contributed by atoms with Crippen molar-refractivity contribution in [1.29, 1.82) is 0 Å². The highest BCUT2D eigenvalue weighted by Gasteiger charge is 2.22. The maximum Gasteiger partial charge on any atom is 0.243 e. The first-order chi connectivity index (χ1) is 14.3. The monoisotopic (exact) mass is 433 g/mol. The molecule has 0 saturated heterocycles. The number of aromatic nitrogens is 3. The van der Waals surface area contributed by atoms with Crippen molar-refractivity contribution in [2.24, 2.45) is 0 Å². The molecule has 1 N–H and O–H groups in total. The predicted octanol–water partition coefficient (Wildman–Crippen LogP) is 2.31. The van der Waals surface area contributed by atoms with E-state index in [1.165, 1.54) is 28.6 Å². The topological polar surface area (TPSA) is 97.2 Å². The minimum Gasteiger partial charge on any atom is -0.352 e. The Bertz CT molecular complexity index is 1130. The number of rotatable bonds is 9. The lowest BCUT2D eigenvalue weighted by Crippen LogP contribution is -2.30. The Morgan fingerprint density at radius 2 is 1.83 bits per heavy atom. The van der Waals surface area contributed by atoms with Crippen molar-refractivity contribution in [2.45, 2.75) is 38.3 Å². The first-order valence-corrected chi connectivity index (χ1v) is 11.1. The van der Waals surface area contributed by atoms with E-state index in [2.05, 4.69) is 15.6 Å². The van der Waals surface area contributed by atoms with E-state index in [0.717, 1.165) is 5.56 Å². The highest BCUT2D eigenvalue weighted by Crippen LogP contribution is 2.20. The number of nitrogens with one attached hydrogen (secondary N) is 1. The average molecular weight is 434 g/mol. The quantitative estimate of drug-likeness (QED) is 0.559. The second-order valence-electron chi connectivity index (χ2n) is 6.71. The second kappa shape index (κ2) is 9.31. The number of benzene rings is 2. The van der Waals surface area contributed by atoms with Crippen molar-refractivity contribution < 1.29 is 17.6 Å². The van der Waals surface area contributed by atoms with Gasteiger partial charge in [0.15, 0.2) is 0 Å². The van der Waals surface area contributed by atoms with Crippen LogP contribution >= 0.6 is 0 Å². The zero-order valence-electron chi connectivity index (χ0n) is 16.9. The molecule has 1 amide bonds. The molecular formula is C20H24FN5O3S. The number of amides is 1. The summed E-state index contributed by atoms with van der Waals surface area (Å²) >= 11 is 0. The summed E-state index contributed by atoms with van der Waals surface area (Å²) in [5.74, 6) is -0.500.